The van der Waals surface area contributed by atoms with Crippen LogP contribution in [0, 0.1) is 0 Å². The third kappa shape index (κ3) is 8.38. The first-order valence-electron chi connectivity index (χ1n) is 17.2. The van der Waals surface area contributed by atoms with Gasteiger partial charge in [0.2, 0.25) is 23.6 Å². The fourth-order valence-corrected chi connectivity index (χ4v) is 6.98. The van der Waals surface area contributed by atoms with Gasteiger partial charge in [-0.15, -0.1) is 0 Å². The number of aromatic nitrogens is 2. The molecule has 2 aromatic heterocycles. The summed E-state index contributed by atoms with van der Waals surface area (Å²) in [5, 5.41) is 13.8. The van der Waals surface area contributed by atoms with E-state index < -0.39 is 0 Å². The second kappa shape index (κ2) is 16.7. The van der Waals surface area contributed by atoms with E-state index in [2.05, 4.69) is 21.3 Å². The Bertz CT molecular complexity index is 1720. The lowest BCUT2D eigenvalue weighted by Crippen LogP contribution is -2.35. The van der Waals surface area contributed by atoms with Crippen LogP contribution in [0.2, 0.25) is 10.0 Å². The van der Waals surface area contributed by atoms with Crippen molar-refractivity contribution < 1.29 is 19.1 Å². The van der Waals surface area contributed by atoms with Crippen molar-refractivity contribution in [2.75, 3.05) is 26.3 Å². The molecule has 0 radical (unpaired) electrons. The predicted molar refractivity (Wildman–Crippen MR) is 196 cm³/mol. The number of carbonyl (C=O) groups is 2. The van der Waals surface area contributed by atoms with Gasteiger partial charge in [0.1, 0.15) is 0 Å². The molecule has 10 nitrogen and oxygen atoms in total. The van der Waals surface area contributed by atoms with Gasteiger partial charge in [0.25, 0.3) is 0 Å². The maximum atomic E-state index is 11.5. The van der Waals surface area contributed by atoms with E-state index >= 15 is 0 Å². The van der Waals surface area contributed by atoms with Crippen LogP contribution in [-0.2, 0) is 22.7 Å². The predicted octanol–water partition coefficient (Wildman–Crippen LogP) is 6.32. The van der Waals surface area contributed by atoms with E-state index in [0.717, 1.165) is 46.2 Å². The molecule has 0 aliphatic carbocycles. The summed E-state index contributed by atoms with van der Waals surface area (Å²) in [5.41, 5.74) is 6.26. The number of nitrogens with one attached hydrogen (secondary N) is 4. The molecule has 2 amide bonds. The Morgan fingerprint density at radius 2 is 1.08 bits per heavy atom. The molecule has 4 heterocycles. The van der Waals surface area contributed by atoms with Crippen molar-refractivity contribution in [1.29, 1.82) is 0 Å². The Morgan fingerprint density at radius 3 is 1.46 bits per heavy atom. The van der Waals surface area contributed by atoms with Crippen LogP contribution in [0.1, 0.15) is 50.7 Å². The highest BCUT2D eigenvalue weighted by Gasteiger charge is 2.22. The average Bonchev–Trinajstić information content (AvgIpc) is 3.73. The topological polar surface area (TPSA) is 126 Å². The molecule has 2 atom stereocenters. The van der Waals surface area contributed by atoms with Crippen LogP contribution >= 0.6 is 23.2 Å². The molecule has 0 spiro atoms. The van der Waals surface area contributed by atoms with Crippen LogP contribution in [0.3, 0.4) is 0 Å². The zero-order valence-corrected chi connectivity index (χ0v) is 29.8. The quantitative estimate of drug-likeness (QED) is 0.113. The Morgan fingerprint density at radius 1 is 0.660 bits per heavy atom. The van der Waals surface area contributed by atoms with E-state index in [0.29, 0.717) is 85.4 Å². The summed E-state index contributed by atoms with van der Waals surface area (Å²) in [5.74, 6) is 1.28. The third-order valence-corrected chi connectivity index (χ3v) is 9.68. The minimum atomic E-state index is 0.101. The fourth-order valence-electron chi connectivity index (χ4n) is 6.33. The van der Waals surface area contributed by atoms with Crippen molar-refractivity contribution >= 4 is 35.0 Å². The molecule has 0 bridgehead atoms. The van der Waals surface area contributed by atoms with Gasteiger partial charge in [-0.25, -0.2) is 9.97 Å². The van der Waals surface area contributed by atoms with Crippen LogP contribution < -0.4 is 30.7 Å². The van der Waals surface area contributed by atoms with Crippen LogP contribution in [0.5, 0.6) is 11.8 Å². The molecule has 0 saturated carbocycles. The summed E-state index contributed by atoms with van der Waals surface area (Å²) in [7, 11) is 0. The van der Waals surface area contributed by atoms with Crippen LogP contribution in [0.4, 0.5) is 0 Å². The maximum Gasteiger partial charge on any atom is 0.220 e. The minimum absolute atomic E-state index is 0.101. The van der Waals surface area contributed by atoms with Crippen LogP contribution in [0.25, 0.3) is 33.6 Å². The Labute approximate surface area is 302 Å². The number of nitrogens with zero attached hydrogens (tertiary/aromatic N) is 2. The van der Waals surface area contributed by atoms with Gasteiger partial charge < -0.3 is 30.7 Å². The van der Waals surface area contributed by atoms with Crippen molar-refractivity contribution in [3.05, 3.63) is 81.8 Å². The minimum Gasteiger partial charge on any atom is -0.478 e. The summed E-state index contributed by atoms with van der Waals surface area (Å²) in [4.78, 5) is 32.8. The number of benzene rings is 2. The number of halogens is 2. The van der Waals surface area contributed by atoms with Gasteiger partial charge in [0.15, 0.2) is 0 Å². The molecule has 2 aliphatic heterocycles. The molecule has 2 aromatic carbocycles. The molecule has 0 unspecified atom stereocenters. The largest absolute Gasteiger partial charge is 0.478 e. The van der Waals surface area contributed by atoms with Gasteiger partial charge in [-0.3, -0.25) is 9.59 Å². The zero-order chi connectivity index (χ0) is 35.0. The molecule has 2 fully saturated rings. The molecule has 4 N–H and O–H groups in total. The van der Waals surface area contributed by atoms with E-state index in [1.54, 1.807) is 0 Å². The molecule has 4 aromatic rings. The monoisotopic (exact) mass is 716 g/mol. The molecule has 6 rings (SSSR count). The summed E-state index contributed by atoms with van der Waals surface area (Å²) in [6.45, 7) is 7.27. The lowest BCUT2D eigenvalue weighted by atomic mass is 9.98. The Kier molecular flexibility index (Phi) is 11.9. The van der Waals surface area contributed by atoms with Crippen molar-refractivity contribution in [2.45, 2.75) is 64.7 Å². The van der Waals surface area contributed by atoms with Gasteiger partial charge in [-0.2, -0.15) is 0 Å². The number of carbonyl (C=O) groups excluding carboxylic acids is 2. The van der Waals surface area contributed by atoms with E-state index in [1.165, 1.54) is 0 Å². The number of amides is 2. The molecule has 2 aliphatic rings. The summed E-state index contributed by atoms with van der Waals surface area (Å²) >= 11 is 14.2. The van der Waals surface area contributed by atoms with Crippen LogP contribution in [0.15, 0.2) is 60.7 Å². The van der Waals surface area contributed by atoms with Crippen molar-refractivity contribution in [3.8, 4) is 45.4 Å². The highest BCUT2D eigenvalue weighted by molar-refractivity contribution is 6.39. The van der Waals surface area contributed by atoms with Crippen molar-refractivity contribution in [3.63, 3.8) is 0 Å². The molecule has 2 saturated heterocycles. The lowest BCUT2D eigenvalue weighted by Gasteiger charge is -2.17. The van der Waals surface area contributed by atoms with Gasteiger partial charge in [-0.05, 0) is 38.8 Å². The number of ether oxygens (including phenoxy) is 2. The third-order valence-electron chi connectivity index (χ3n) is 8.86. The summed E-state index contributed by atoms with van der Waals surface area (Å²) in [6, 6.07) is 19.8. The van der Waals surface area contributed by atoms with E-state index in [9.17, 15) is 9.59 Å². The summed E-state index contributed by atoms with van der Waals surface area (Å²) in [6.07, 6.45) is 2.82. The van der Waals surface area contributed by atoms with E-state index in [1.807, 2.05) is 74.5 Å². The Balaban J connectivity index is 1.22. The first-order chi connectivity index (χ1) is 24.3. The second-order valence-corrected chi connectivity index (χ2v) is 13.1. The summed E-state index contributed by atoms with van der Waals surface area (Å²) < 4.78 is 11.9. The fraction of sp³-hybridized carbons (Fsp3) is 0.368. The van der Waals surface area contributed by atoms with Gasteiger partial charge in [0, 0.05) is 84.5 Å². The zero-order valence-electron chi connectivity index (χ0n) is 28.3. The number of hydrogen-bond acceptors (Lipinski definition) is 8. The van der Waals surface area contributed by atoms with E-state index in [-0.39, 0.29) is 23.9 Å². The van der Waals surface area contributed by atoms with Crippen molar-refractivity contribution in [2.24, 2.45) is 0 Å². The number of pyridine rings is 2. The van der Waals surface area contributed by atoms with Crippen LogP contribution in [-0.4, -0.2) is 60.2 Å². The molecule has 50 heavy (non-hydrogen) atoms. The first-order valence-corrected chi connectivity index (χ1v) is 17.9. The van der Waals surface area contributed by atoms with Crippen molar-refractivity contribution in [1.82, 2.24) is 31.2 Å². The molecular weight excluding hydrogens is 675 g/mol. The lowest BCUT2D eigenvalue weighted by molar-refractivity contribution is -0.120. The van der Waals surface area contributed by atoms with Gasteiger partial charge in [0.05, 0.1) is 34.6 Å². The van der Waals surface area contributed by atoms with Gasteiger partial charge in [-0.1, -0.05) is 71.7 Å². The maximum absolute atomic E-state index is 11.5. The molecule has 12 heteroatoms. The van der Waals surface area contributed by atoms with E-state index in [4.69, 9.17) is 42.6 Å². The smallest absolute Gasteiger partial charge is 0.220 e. The second-order valence-electron chi connectivity index (χ2n) is 12.4. The SMILES string of the molecule is CCOc1nc(-c2cccc(-c3cccc(-c4ccc(CNC[C@@H]5CCC(=O)N5)c(OCC)n4)c3Cl)c2Cl)ccc1CNC[C@@H]1CCC(=O)N1. The first kappa shape index (κ1) is 35.6. The molecular formula is C38H42Cl2N6O4. The highest BCUT2D eigenvalue weighted by atomic mass is 35.5. The normalized spacial score (nSPS) is 17.1. The van der Waals surface area contributed by atoms with Gasteiger partial charge >= 0.3 is 0 Å². The number of hydrogen-bond donors (Lipinski definition) is 4. The highest BCUT2D eigenvalue weighted by Crippen LogP contribution is 2.42. The Hall–Kier alpha value is -4.22. The molecule has 262 valence electrons. The number of rotatable bonds is 15. The standard InChI is InChI=1S/C38H42Cl2N6O4/c1-3-49-37-23(19-41-21-25-13-17-33(47)43-25)11-15-31(45-37)29-9-5-7-27(35(29)39)28-8-6-10-30(36(28)40)32-16-12-24(38(46-32)50-4-2)20-42-22-26-14-18-34(48)44-26/h5-12,15-16,25-26,41-42H,3-4,13-14,17-22H2,1-2H3,(H,43,47)(H,44,48)/t25-,26-/m0/s1. The average molecular weight is 718 g/mol.